The largest absolute Gasteiger partial charge is 0.338 e. The van der Waals surface area contributed by atoms with Gasteiger partial charge in [-0.1, -0.05) is 41.5 Å². The summed E-state index contributed by atoms with van der Waals surface area (Å²) in [6.45, 7) is 9.11. The third kappa shape index (κ3) is 5.57. The van der Waals surface area contributed by atoms with Crippen LogP contribution in [0.5, 0.6) is 0 Å². The molecule has 158 valence electrons. The Morgan fingerprint density at radius 3 is 2.43 bits per heavy atom. The Bertz CT molecular complexity index is 989. The van der Waals surface area contributed by atoms with Crippen LogP contribution in [-0.2, 0) is 13.1 Å². The zero-order valence-electron chi connectivity index (χ0n) is 18.8. The standard InChI is InChI=1S/C25H32N4O/c1-19-7-10-22(11-8-19)25(30)29(15-14-27(4)5)18-24-26-12-13-28(24)17-23-16-20(2)6-9-21(23)3/h6-13,16H,14-15,17-18H2,1-5H3/p+1. The fourth-order valence-corrected chi connectivity index (χ4v) is 3.45. The quantitative estimate of drug-likeness (QED) is 0.626. The van der Waals surface area contributed by atoms with Gasteiger partial charge in [0, 0.05) is 24.5 Å². The molecular formula is C25H33N4O+. The van der Waals surface area contributed by atoms with Gasteiger partial charge in [0.1, 0.15) is 5.82 Å². The number of carbonyl (C=O) groups is 1. The molecule has 0 saturated heterocycles. The number of nitrogens with one attached hydrogen (secondary N) is 1. The van der Waals surface area contributed by atoms with Gasteiger partial charge < -0.3 is 14.4 Å². The number of aryl methyl sites for hydroxylation is 3. The van der Waals surface area contributed by atoms with Crippen LogP contribution in [0, 0.1) is 20.8 Å². The Morgan fingerprint density at radius 1 is 1.03 bits per heavy atom. The molecule has 0 aliphatic carbocycles. The number of hydrogen-bond acceptors (Lipinski definition) is 2. The molecule has 30 heavy (non-hydrogen) atoms. The van der Waals surface area contributed by atoms with Gasteiger partial charge in [-0.25, -0.2) is 4.98 Å². The number of nitrogens with zero attached hydrogens (tertiary/aromatic N) is 3. The maximum Gasteiger partial charge on any atom is 0.254 e. The molecule has 0 saturated carbocycles. The number of likely N-dealkylation sites (N-methyl/N-ethyl adjacent to an activating group) is 1. The first-order valence-corrected chi connectivity index (χ1v) is 10.5. The summed E-state index contributed by atoms with van der Waals surface area (Å²) in [6.07, 6.45) is 3.83. The molecule has 0 fully saturated rings. The molecule has 3 rings (SSSR count). The first kappa shape index (κ1) is 21.8. The van der Waals surface area contributed by atoms with Gasteiger partial charge >= 0.3 is 0 Å². The van der Waals surface area contributed by atoms with Crippen molar-refractivity contribution in [2.75, 3.05) is 27.2 Å². The van der Waals surface area contributed by atoms with Crippen molar-refractivity contribution < 1.29 is 9.69 Å². The third-order valence-corrected chi connectivity index (χ3v) is 5.45. The number of carbonyl (C=O) groups excluding carboxylic acids is 1. The van der Waals surface area contributed by atoms with E-state index in [1.807, 2.05) is 48.5 Å². The number of imidazole rings is 1. The van der Waals surface area contributed by atoms with Crippen LogP contribution >= 0.6 is 0 Å². The van der Waals surface area contributed by atoms with E-state index in [9.17, 15) is 4.79 Å². The Labute approximate surface area is 180 Å². The molecule has 0 radical (unpaired) electrons. The van der Waals surface area contributed by atoms with E-state index >= 15 is 0 Å². The van der Waals surface area contributed by atoms with Gasteiger partial charge in [0.25, 0.3) is 5.91 Å². The molecule has 1 aromatic heterocycles. The Morgan fingerprint density at radius 2 is 1.73 bits per heavy atom. The molecular weight excluding hydrogens is 372 g/mol. The van der Waals surface area contributed by atoms with E-state index in [0.29, 0.717) is 13.1 Å². The molecule has 1 N–H and O–H groups in total. The normalized spacial score (nSPS) is 11.1. The van der Waals surface area contributed by atoms with Crippen molar-refractivity contribution in [3.63, 3.8) is 0 Å². The summed E-state index contributed by atoms with van der Waals surface area (Å²) < 4.78 is 2.15. The van der Waals surface area contributed by atoms with Crippen LogP contribution < -0.4 is 4.90 Å². The Hall–Kier alpha value is -2.92. The highest BCUT2D eigenvalue weighted by molar-refractivity contribution is 5.94. The van der Waals surface area contributed by atoms with Crippen molar-refractivity contribution in [1.29, 1.82) is 0 Å². The predicted molar refractivity (Wildman–Crippen MR) is 121 cm³/mol. The highest BCUT2D eigenvalue weighted by Gasteiger charge is 2.19. The maximum atomic E-state index is 13.2. The van der Waals surface area contributed by atoms with E-state index in [1.54, 1.807) is 0 Å². The molecule has 0 bridgehead atoms. The summed E-state index contributed by atoms with van der Waals surface area (Å²) in [6, 6.07) is 14.3. The monoisotopic (exact) mass is 405 g/mol. The zero-order chi connectivity index (χ0) is 21.7. The van der Waals surface area contributed by atoms with Crippen molar-refractivity contribution in [2.24, 2.45) is 0 Å². The number of quaternary nitrogens is 1. The van der Waals surface area contributed by atoms with Gasteiger partial charge in [-0.05, 0) is 44.0 Å². The number of benzene rings is 2. The second-order valence-electron chi connectivity index (χ2n) is 8.45. The van der Waals surface area contributed by atoms with E-state index in [0.717, 1.165) is 30.0 Å². The Balaban J connectivity index is 1.82. The first-order valence-electron chi connectivity index (χ1n) is 10.5. The molecule has 1 amide bonds. The molecule has 1 heterocycles. The maximum absolute atomic E-state index is 13.2. The van der Waals surface area contributed by atoms with Crippen LogP contribution in [0.1, 0.15) is 38.4 Å². The van der Waals surface area contributed by atoms with Gasteiger partial charge in [-0.15, -0.1) is 0 Å². The second kappa shape index (κ2) is 9.72. The van der Waals surface area contributed by atoms with Gasteiger partial charge in [0.05, 0.1) is 33.7 Å². The summed E-state index contributed by atoms with van der Waals surface area (Å²) in [7, 11) is 4.21. The molecule has 3 aromatic rings. The number of aromatic nitrogens is 2. The van der Waals surface area contributed by atoms with Crippen molar-refractivity contribution in [3.05, 3.63) is 88.5 Å². The smallest absolute Gasteiger partial charge is 0.254 e. The minimum absolute atomic E-state index is 0.0533. The SMILES string of the molecule is Cc1ccc(C(=O)N(CC[NH+](C)C)Cc2nccn2Cc2cc(C)ccc2C)cc1. The number of rotatable bonds is 8. The molecule has 0 aliphatic rings. The highest BCUT2D eigenvalue weighted by Crippen LogP contribution is 2.15. The summed E-state index contributed by atoms with van der Waals surface area (Å²) >= 11 is 0. The van der Waals surface area contributed by atoms with Crippen LogP contribution in [0.25, 0.3) is 0 Å². The molecule has 5 heteroatoms. The summed E-state index contributed by atoms with van der Waals surface area (Å²) in [5, 5.41) is 0. The fourth-order valence-electron chi connectivity index (χ4n) is 3.45. The van der Waals surface area contributed by atoms with Crippen LogP contribution in [0.3, 0.4) is 0 Å². The second-order valence-corrected chi connectivity index (χ2v) is 8.45. The topological polar surface area (TPSA) is 42.6 Å². The van der Waals surface area contributed by atoms with E-state index in [2.05, 4.69) is 55.7 Å². The molecule has 0 atom stereocenters. The van der Waals surface area contributed by atoms with Crippen LogP contribution in [0.15, 0.2) is 54.9 Å². The lowest BCUT2D eigenvalue weighted by atomic mass is 10.1. The number of amides is 1. The average Bonchev–Trinajstić information content (AvgIpc) is 3.14. The van der Waals surface area contributed by atoms with E-state index < -0.39 is 0 Å². The van der Waals surface area contributed by atoms with Gasteiger partial charge in [0.15, 0.2) is 0 Å². The average molecular weight is 406 g/mol. The van der Waals surface area contributed by atoms with Crippen LogP contribution in [-0.4, -0.2) is 47.5 Å². The molecule has 0 aliphatic heterocycles. The molecule has 0 unspecified atom stereocenters. The van der Waals surface area contributed by atoms with E-state index in [4.69, 9.17) is 0 Å². The fraction of sp³-hybridized carbons (Fsp3) is 0.360. The lowest BCUT2D eigenvalue weighted by Crippen LogP contribution is -3.06. The van der Waals surface area contributed by atoms with Gasteiger partial charge in [-0.2, -0.15) is 0 Å². The lowest BCUT2D eigenvalue weighted by molar-refractivity contribution is -0.857. The molecule has 2 aromatic carbocycles. The highest BCUT2D eigenvalue weighted by atomic mass is 16.2. The Kier molecular flexibility index (Phi) is 7.06. The van der Waals surface area contributed by atoms with Crippen molar-refractivity contribution >= 4 is 5.91 Å². The summed E-state index contributed by atoms with van der Waals surface area (Å²) in [4.78, 5) is 21.1. The van der Waals surface area contributed by atoms with Gasteiger partial charge in [-0.3, -0.25) is 4.79 Å². The first-order chi connectivity index (χ1) is 14.3. The van der Waals surface area contributed by atoms with Gasteiger partial charge in [0.2, 0.25) is 0 Å². The molecule has 0 spiro atoms. The predicted octanol–water partition coefficient (Wildman–Crippen LogP) is 2.64. The van der Waals surface area contributed by atoms with E-state index in [1.165, 1.54) is 21.6 Å². The minimum Gasteiger partial charge on any atom is -0.338 e. The zero-order valence-corrected chi connectivity index (χ0v) is 18.8. The van der Waals surface area contributed by atoms with Crippen molar-refractivity contribution in [3.8, 4) is 0 Å². The summed E-state index contributed by atoms with van der Waals surface area (Å²) in [5.41, 5.74) is 5.68. The lowest BCUT2D eigenvalue weighted by Gasteiger charge is -2.24. The van der Waals surface area contributed by atoms with Crippen LogP contribution in [0.2, 0.25) is 0 Å². The van der Waals surface area contributed by atoms with E-state index in [-0.39, 0.29) is 5.91 Å². The van der Waals surface area contributed by atoms with Crippen molar-refractivity contribution in [2.45, 2.75) is 33.9 Å². The number of hydrogen-bond donors (Lipinski definition) is 1. The van der Waals surface area contributed by atoms with Crippen LogP contribution in [0.4, 0.5) is 0 Å². The molecule has 5 nitrogen and oxygen atoms in total. The minimum atomic E-state index is 0.0533. The third-order valence-electron chi connectivity index (χ3n) is 5.45. The summed E-state index contributed by atoms with van der Waals surface area (Å²) in [5.74, 6) is 0.961. The van der Waals surface area contributed by atoms with Crippen molar-refractivity contribution in [1.82, 2.24) is 14.5 Å².